The molecule has 2 aliphatic rings. The predicted octanol–water partition coefficient (Wildman–Crippen LogP) is 0.358. The molecule has 3 atom stereocenters. The van der Waals surface area contributed by atoms with Gasteiger partial charge in [0.2, 0.25) is 5.91 Å². The summed E-state index contributed by atoms with van der Waals surface area (Å²) in [5.41, 5.74) is -0.391. The molecule has 0 bridgehead atoms. The van der Waals surface area contributed by atoms with Crippen molar-refractivity contribution in [3.05, 3.63) is 0 Å². The molecule has 0 aliphatic carbocycles. The Morgan fingerprint density at radius 2 is 2.38 bits per heavy atom. The average molecular weight is 226 g/mol. The van der Waals surface area contributed by atoms with Crippen molar-refractivity contribution < 1.29 is 9.90 Å². The van der Waals surface area contributed by atoms with Gasteiger partial charge in [-0.1, -0.05) is 6.92 Å². The molecule has 2 N–H and O–H groups in total. The fourth-order valence-corrected chi connectivity index (χ4v) is 2.93. The largest absolute Gasteiger partial charge is 0.394 e. The molecule has 0 aromatic heterocycles. The average Bonchev–Trinajstić information content (AvgIpc) is 2.84. The van der Waals surface area contributed by atoms with Gasteiger partial charge in [-0.2, -0.15) is 0 Å². The summed E-state index contributed by atoms with van der Waals surface area (Å²) in [6, 6.07) is 0.0201. The number of amides is 1. The minimum atomic E-state index is -0.391. The van der Waals surface area contributed by atoms with E-state index in [9.17, 15) is 9.90 Å². The Kier molecular flexibility index (Phi) is 3.22. The van der Waals surface area contributed by atoms with E-state index in [2.05, 4.69) is 12.2 Å². The molecule has 16 heavy (non-hydrogen) atoms. The molecule has 2 saturated heterocycles. The van der Waals surface area contributed by atoms with Crippen LogP contribution >= 0.6 is 0 Å². The molecule has 0 spiro atoms. The van der Waals surface area contributed by atoms with E-state index in [1.807, 2.05) is 11.8 Å². The van der Waals surface area contributed by atoms with E-state index in [1.54, 1.807) is 0 Å². The van der Waals surface area contributed by atoms with Gasteiger partial charge in [-0.15, -0.1) is 0 Å². The van der Waals surface area contributed by atoms with E-state index in [-0.39, 0.29) is 18.6 Å². The second kappa shape index (κ2) is 4.34. The highest BCUT2D eigenvalue weighted by Crippen LogP contribution is 2.29. The number of carbonyl (C=O) groups is 1. The zero-order valence-electron chi connectivity index (χ0n) is 10.2. The number of nitrogens with zero attached hydrogens (tertiary/aromatic N) is 1. The second-order valence-corrected chi connectivity index (χ2v) is 5.38. The third-order valence-electron chi connectivity index (χ3n) is 4.17. The lowest BCUT2D eigenvalue weighted by Crippen LogP contribution is -2.55. The Bertz CT molecular complexity index is 274. The monoisotopic (exact) mass is 226 g/mol. The molecule has 0 saturated carbocycles. The number of hydrogen-bond acceptors (Lipinski definition) is 3. The fourth-order valence-electron chi connectivity index (χ4n) is 2.93. The lowest BCUT2D eigenvalue weighted by Gasteiger charge is -2.33. The van der Waals surface area contributed by atoms with Crippen LogP contribution in [0.25, 0.3) is 0 Å². The molecule has 0 aromatic carbocycles. The summed E-state index contributed by atoms with van der Waals surface area (Å²) in [6.45, 7) is 5.90. The Balaban J connectivity index is 2.09. The van der Waals surface area contributed by atoms with E-state index in [1.165, 1.54) is 0 Å². The molecular weight excluding hydrogens is 204 g/mol. The number of aliphatic hydroxyl groups excluding tert-OH is 1. The Labute approximate surface area is 97.0 Å². The maximum Gasteiger partial charge on any atom is 0.242 e. The Morgan fingerprint density at radius 3 is 2.94 bits per heavy atom. The predicted molar refractivity (Wildman–Crippen MR) is 62.0 cm³/mol. The summed E-state index contributed by atoms with van der Waals surface area (Å²) < 4.78 is 0. The number of aliphatic hydroxyl groups is 1. The summed E-state index contributed by atoms with van der Waals surface area (Å²) in [5, 5.41) is 12.7. The van der Waals surface area contributed by atoms with Crippen molar-refractivity contribution in [2.45, 2.75) is 44.7 Å². The van der Waals surface area contributed by atoms with E-state index in [0.717, 1.165) is 32.4 Å². The highest BCUT2D eigenvalue weighted by atomic mass is 16.3. The van der Waals surface area contributed by atoms with Gasteiger partial charge in [-0.3, -0.25) is 4.79 Å². The van der Waals surface area contributed by atoms with Gasteiger partial charge in [0.25, 0.3) is 0 Å². The number of rotatable bonds is 2. The first-order chi connectivity index (χ1) is 7.58. The van der Waals surface area contributed by atoms with Crippen LogP contribution in [0.1, 0.15) is 33.1 Å². The summed E-state index contributed by atoms with van der Waals surface area (Å²) in [7, 11) is 0. The van der Waals surface area contributed by atoms with Crippen LogP contribution in [-0.2, 0) is 4.79 Å². The van der Waals surface area contributed by atoms with E-state index in [0.29, 0.717) is 5.92 Å². The van der Waals surface area contributed by atoms with Gasteiger partial charge in [0, 0.05) is 6.54 Å². The Morgan fingerprint density at radius 1 is 1.62 bits per heavy atom. The van der Waals surface area contributed by atoms with Crippen molar-refractivity contribution in [3.8, 4) is 0 Å². The summed E-state index contributed by atoms with van der Waals surface area (Å²) in [6.07, 6.45) is 2.98. The van der Waals surface area contributed by atoms with Gasteiger partial charge < -0.3 is 15.3 Å². The third-order valence-corrected chi connectivity index (χ3v) is 4.17. The van der Waals surface area contributed by atoms with Crippen LogP contribution in [-0.4, -0.2) is 47.2 Å². The van der Waals surface area contributed by atoms with Crippen molar-refractivity contribution in [2.24, 2.45) is 5.92 Å². The number of hydrogen-bond donors (Lipinski definition) is 2. The van der Waals surface area contributed by atoms with Crippen LogP contribution < -0.4 is 5.32 Å². The standard InChI is InChI=1S/C12H22N2O2/c1-9-4-7-14(10(9)8-15)11(16)12(2)5-3-6-13-12/h9-10,13,15H,3-8H2,1-2H3. The molecular formula is C12H22N2O2. The summed E-state index contributed by atoms with van der Waals surface area (Å²) in [5.74, 6) is 0.590. The molecule has 3 unspecified atom stereocenters. The van der Waals surface area contributed by atoms with Crippen LogP contribution in [0, 0.1) is 5.92 Å². The summed E-state index contributed by atoms with van der Waals surface area (Å²) >= 11 is 0. The number of carbonyl (C=O) groups excluding carboxylic acids is 1. The summed E-state index contributed by atoms with van der Waals surface area (Å²) in [4.78, 5) is 14.3. The third kappa shape index (κ3) is 1.84. The van der Waals surface area contributed by atoms with E-state index >= 15 is 0 Å². The van der Waals surface area contributed by atoms with Crippen LogP contribution in [0.5, 0.6) is 0 Å². The van der Waals surface area contributed by atoms with Crippen LogP contribution in [0.3, 0.4) is 0 Å². The molecule has 2 heterocycles. The smallest absolute Gasteiger partial charge is 0.242 e. The minimum absolute atomic E-state index is 0.0201. The van der Waals surface area contributed by atoms with Crippen molar-refractivity contribution in [1.82, 2.24) is 10.2 Å². The van der Waals surface area contributed by atoms with Gasteiger partial charge in [-0.05, 0) is 38.6 Å². The zero-order valence-corrected chi connectivity index (χ0v) is 10.2. The van der Waals surface area contributed by atoms with Crippen molar-refractivity contribution in [3.63, 3.8) is 0 Å². The molecule has 2 aliphatic heterocycles. The second-order valence-electron chi connectivity index (χ2n) is 5.38. The molecule has 2 fully saturated rings. The van der Waals surface area contributed by atoms with Crippen LogP contribution in [0.15, 0.2) is 0 Å². The first kappa shape index (κ1) is 11.9. The van der Waals surface area contributed by atoms with Crippen molar-refractivity contribution in [2.75, 3.05) is 19.7 Å². The van der Waals surface area contributed by atoms with E-state index < -0.39 is 5.54 Å². The van der Waals surface area contributed by atoms with Crippen molar-refractivity contribution >= 4 is 5.91 Å². The first-order valence-electron chi connectivity index (χ1n) is 6.25. The Hall–Kier alpha value is -0.610. The number of likely N-dealkylation sites (tertiary alicyclic amines) is 1. The van der Waals surface area contributed by atoms with Gasteiger partial charge in [-0.25, -0.2) is 0 Å². The van der Waals surface area contributed by atoms with Gasteiger partial charge in [0.15, 0.2) is 0 Å². The highest BCUT2D eigenvalue weighted by molar-refractivity contribution is 5.86. The maximum atomic E-state index is 12.4. The molecule has 92 valence electrons. The quantitative estimate of drug-likeness (QED) is 0.715. The van der Waals surface area contributed by atoms with Crippen LogP contribution in [0.4, 0.5) is 0 Å². The van der Waals surface area contributed by atoms with Gasteiger partial charge in [0.1, 0.15) is 0 Å². The molecule has 0 aromatic rings. The highest BCUT2D eigenvalue weighted by Gasteiger charge is 2.43. The lowest BCUT2D eigenvalue weighted by molar-refractivity contribution is -0.139. The molecule has 0 radical (unpaired) electrons. The van der Waals surface area contributed by atoms with Gasteiger partial charge >= 0.3 is 0 Å². The molecule has 4 nitrogen and oxygen atoms in total. The van der Waals surface area contributed by atoms with E-state index in [4.69, 9.17) is 0 Å². The topological polar surface area (TPSA) is 52.6 Å². The number of nitrogens with one attached hydrogen (secondary N) is 1. The normalized spacial score (nSPS) is 39.3. The SMILES string of the molecule is CC1CCN(C(=O)C2(C)CCCN2)C1CO. The fraction of sp³-hybridized carbons (Fsp3) is 0.917. The molecule has 2 rings (SSSR count). The lowest BCUT2D eigenvalue weighted by atomic mass is 9.97. The first-order valence-corrected chi connectivity index (χ1v) is 6.25. The maximum absolute atomic E-state index is 12.4. The van der Waals surface area contributed by atoms with Crippen LogP contribution in [0.2, 0.25) is 0 Å². The molecule has 4 heteroatoms. The minimum Gasteiger partial charge on any atom is -0.394 e. The van der Waals surface area contributed by atoms with Gasteiger partial charge in [0.05, 0.1) is 18.2 Å². The zero-order chi connectivity index (χ0) is 11.8. The molecule has 1 amide bonds. The van der Waals surface area contributed by atoms with Crippen molar-refractivity contribution in [1.29, 1.82) is 0 Å².